The standard InChI is InChI=1S/C18H22N2O3/c1-3-20-11-12(14-6-4-5-7-15(14)20)10-16(21)19-18(2,17(22)23)13-8-9-13/h4-7,11,13H,3,8-10H2,1-2H3,(H,19,21)(H,22,23). The molecule has 1 fully saturated rings. The highest BCUT2D eigenvalue weighted by Crippen LogP contribution is 2.39. The van der Waals surface area contributed by atoms with Gasteiger partial charge in [0.25, 0.3) is 0 Å². The van der Waals surface area contributed by atoms with Crippen molar-refractivity contribution in [3.05, 3.63) is 36.0 Å². The topological polar surface area (TPSA) is 71.3 Å². The second-order valence-electron chi connectivity index (χ2n) is 6.46. The minimum atomic E-state index is -1.15. The molecule has 0 spiro atoms. The molecule has 0 aliphatic heterocycles. The molecule has 5 nitrogen and oxygen atoms in total. The van der Waals surface area contributed by atoms with Crippen LogP contribution in [0.15, 0.2) is 30.5 Å². The average Bonchev–Trinajstić information content (AvgIpc) is 3.32. The van der Waals surface area contributed by atoms with E-state index in [0.29, 0.717) is 0 Å². The van der Waals surface area contributed by atoms with E-state index < -0.39 is 11.5 Å². The fraction of sp³-hybridized carbons (Fsp3) is 0.444. The Bertz CT molecular complexity index is 761. The molecule has 1 atom stereocenters. The average molecular weight is 314 g/mol. The summed E-state index contributed by atoms with van der Waals surface area (Å²) in [5, 5.41) is 13.2. The Balaban J connectivity index is 1.82. The van der Waals surface area contributed by atoms with Crippen LogP contribution in [0.1, 0.15) is 32.3 Å². The Labute approximate surface area is 135 Å². The number of nitrogens with zero attached hydrogens (tertiary/aromatic N) is 1. The number of aromatic nitrogens is 1. The van der Waals surface area contributed by atoms with E-state index in [1.807, 2.05) is 30.5 Å². The number of rotatable bonds is 6. The van der Waals surface area contributed by atoms with Crippen LogP contribution in [0, 0.1) is 5.92 Å². The molecule has 122 valence electrons. The maximum absolute atomic E-state index is 12.4. The second kappa shape index (κ2) is 5.72. The first kappa shape index (κ1) is 15.6. The lowest BCUT2D eigenvalue weighted by atomic mass is 9.95. The lowest BCUT2D eigenvalue weighted by Gasteiger charge is -2.26. The van der Waals surface area contributed by atoms with Crippen molar-refractivity contribution in [2.24, 2.45) is 5.92 Å². The predicted octanol–water partition coefficient (Wildman–Crippen LogP) is 2.57. The van der Waals surface area contributed by atoms with Crippen LogP contribution in [-0.4, -0.2) is 27.1 Å². The van der Waals surface area contributed by atoms with Crippen LogP contribution in [0.3, 0.4) is 0 Å². The normalized spacial score (nSPS) is 17.0. The number of aryl methyl sites for hydroxylation is 1. The first-order valence-electron chi connectivity index (χ1n) is 8.07. The van der Waals surface area contributed by atoms with E-state index in [4.69, 9.17) is 0 Å². The highest BCUT2D eigenvalue weighted by atomic mass is 16.4. The first-order chi connectivity index (χ1) is 11.0. The Morgan fingerprint density at radius 3 is 2.65 bits per heavy atom. The summed E-state index contributed by atoms with van der Waals surface area (Å²) in [6.45, 7) is 4.50. The molecular weight excluding hydrogens is 292 g/mol. The lowest BCUT2D eigenvalue weighted by molar-refractivity contribution is -0.147. The minimum Gasteiger partial charge on any atom is -0.480 e. The number of amides is 1. The van der Waals surface area contributed by atoms with Gasteiger partial charge < -0.3 is 15.0 Å². The molecule has 3 rings (SSSR count). The predicted molar refractivity (Wildman–Crippen MR) is 88.2 cm³/mol. The third-order valence-corrected chi connectivity index (χ3v) is 4.80. The van der Waals surface area contributed by atoms with Gasteiger partial charge in [0.15, 0.2) is 0 Å². The molecule has 1 aliphatic carbocycles. The fourth-order valence-electron chi connectivity index (χ4n) is 3.22. The van der Waals surface area contributed by atoms with E-state index in [1.54, 1.807) is 6.92 Å². The van der Waals surface area contributed by atoms with Gasteiger partial charge in [-0.05, 0) is 44.2 Å². The van der Waals surface area contributed by atoms with Gasteiger partial charge in [-0.3, -0.25) is 4.79 Å². The second-order valence-corrected chi connectivity index (χ2v) is 6.46. The Morgan fingerprint density at radius 2 is 2.04 bits per heavy atom. The fourth-order valence-corrected chi connectivity index (χ4v) is 3.22. The molecular formula is C18H22N2O3. The molecule has 1 aromatic carbocycles. The largest absolute Gasteiger partial charge is 0.480 e. The van der Waals surface area contributed by atoms with E-state index in [9.17, 15) is 14.7 Å². The summed E-state index contributed by atoms with van der Waals surface area (Å²) in [7, 11) is 0. The Kier molecular flexibility index (Phi) is 3.88. The number of para-hydroxylation sites is 1. The van der Waals surface area contributed by atoms with Crippen molar-refractivity contribution in [3.8, 4) is 0 Å². The molecule has 1 saturated carbocycles. The van der Waals surface area contributed by atoms with E-state index >= 15 is 0 Å². The number of carbonyl (C=O) groups is 2. The molecule has 0 saturated heterocycles. The first-order valence-corrected chi connectivity index (χ1v) is 8.07. The van der Waals surface area contributed by atoms with E-state index in [2.05, 4.69) is 16.8 Å². The lowest BCUT2D eigenvalue weighted by Crippen LogP contribution is -2.54. The van der Waals surface area contributed by atoms with Crippen LogP contribution in [0.25, 0.3) is 10.9 Å². The molecule has 1 amide bonds. The summed E-state index contributed by atoms with van der Waals surface area (Å²) in [6.07, 6.45) is 3.90. The molecule has 1 aromatic heterocycles. The van der Waals surface area contributed by atoms with Crippen molar-refractivity contribution in [2.75, 3.05) is 0 Å². The van der Waals surface area contributed by atoms with Gasteiger partial charge in [0, 0.05) is 23.6 Å². The van der Waals surface area contributed by atoms with Gasteiger partial charge >= 0.3 is 5.97 Å². The molecule has 2 N–H and O–H groups in total. The van der Waals surface area contributed by atoms with Crippen LogP contribution in [0.5, 0.6) is 0 Å². The Morgan fingerprint density at radius 1 is 1.35 bits per heavy atom. The Hall–Kier alpha value is -2.30. The van der Waals surface area contributed by atoms with Crippen LogP contribution in [0.4, 0.5) is 0 Å². The van der Waals surface area contributed by atoms with Gasteiger partial charge in [0.05, 0.1) is 6.42 Å². The van der Waals surface area contributed by atoms with Gasteiger partial charge in [-0.25, -0.2) is 4.79 Å². The molecule has 1 aliphatic rings. The van der Waals surface area contributed by atoms with Crippen molar-refractivity contribution >= 4 is 22.8 Å². The summed E-state index contributed by atoms with van der Waals surface area (Å²) < 4.78 is 2.11. The molecule has 0 radical (unpaired) electrons. The molecule has 5 heteroatoms. The van der Waals surface area contributed by atoms with Crippen LogP contribution in [-0.2, 0) is 22.6 Å². The summed E-state index contributed by atoms with van der Waals surface area (Å²) in [4.78, 5) is 24.0. The van der Waals surface area contributed by atoms with Crippen LogP contribution >= 0.6 is 0 Å². The molecule has 2 aromatic rings. The summed E-state index contributed by atoms with van der Waals surface area (Å²) in [6, 6.07) is 7.97. The summed E-state index contributed by atoms with van der Waals surface area (Å²) in [5.41, 5.74) is 0.879. The van der Waals surface area contributed by atoms with Gasteiger partial charge in [-0.15, -0.1) is 0 Å². The zero-order valence-electron chi connectivity index (χ0n) is 13.5. The minimum absolute atomic E-state index is 0.0425. The number of nitrogens with one attached hydrogen (secondary N) is 1. The van der Waals surface area contributed by atoms with E-state index in [0.717, 1.165) is 35.9 Å². The van der Waals surface area contributed by atoms with Gasteiger partial charge in [-0.2, -0.15) is 0 Å². The smallest absolute Gasteiger partial charge is 0.329 e. The number of carboxylic acids is 1. The van der Waals surface area contributed by atoms with Crippen LogP contribution < -0.4 is 5.32 Å². The molecule has 1 heterocycles. The number of fused-ring (bicyclic) bond motifs is 1. The van der Waals surface area contributed by atoms with Crippen molar-refractivity contribution < 1.29 is 14.7 Å². The van der Waals surface area contributed by atoms with E-state index in [-0.39, 0.29) is 18.2 Å². The van der Waals surface area contributed by atoms with Crippen LogP contribution in [0.2, 0.25) is 0 Å². The van der Waals surface area contributed by atoms with Gasteiger partial charge in [0.1, 0.15) is 5.54 Å². The third kappa shape index (κ3) is 2.83. The summed E-state index contributed by atoms with van der Waals surface area (Å²) >= 11 is 0. The van der Waals surface area contributed by atoms with Crippen molar-refractivity contribution in [1.29, 1.82) is 0 Å². The monoisotopic (exact) mass is 314 g/mol. The maximum atomic E-state index is 12.4. The highest BCUT2D eigenvalue weighted by Gasteiger charge is 2.48. The number of carboxylic acid groups (broad SMARTS) is 1. The highest BCUT2D eigenvalue weighted by molar-refractivity contribution is 5.92. The van der Waals surface area contributed by atoms with Gasteiger partial charge in [0.2, 0.25) is 5.91 Å². The zero-order chi connectivity index (χ0) is 16.6. The number of hydrogen-bond acceptors (Lipinski definition) is 2. The van der Waals surface area contributed by atoms with Crippen molar-refractivity contribution in [2.45, 2.75) is 45.2 Å². The van der Waals surface area contributed by atoms with E-state index in [1.165, 1.54) is 0 Å². The van der Waals surface area contributed by atoms with Crippen molar-refractivity contribution in [3.63, 3.8) is 0 Å². The zero-order valence-corrected chi connectivity index (χ0v) is 13.5. The number of carbonyl (C=O) groups excluding carboxylic acids is 1. The van der Waals surface area contributed by atoms with Gasteiger partial charge in [-0.1, -0.05) is 18.2 Å². The number of hydrogen-bond donors (Lipinski definition) is 2. The number of aliphatic carboxylic acids is 1. The molecule has 23 heavy (non-hydrogen) atoms. The van der Waals surface area contributed by atoms with Crippen molar-refractivity contribution in [1.82, 2.24) is 9.88 Å². The molecule has 0 bridgehead atoms. The third-order valence-electron chi connectivity index (χ3n) is 4.80. The quantitative estimate of drug-likeness (QED) is 0.861. The summed E-state index contributed by atoms with van der Waals surface area (Å²) in [5.74, 6) is -1.15. The molecule has 1 unspecified atom stereocenters. The number of benzene rings is 1. The maximum Gasteiger partial charge on any atom is 0.329 e. The SMILES string of the molecule is CCn1cc(CC(=O)NC(C)(C(=O)O)C2CC2)c2ccccc21.